The van der Waals surface area contributed by atoms with E-state index in [0.717, 1.165) is 64.6 Å². The minimum absolute atomic E-state index is 0.0799. The first-order chi connectivity index (χ1) is 14.2. The first-order valence-corrected chi connectivity index (χ1v) is 11.0. The van der Waals surface area contributed by atoms with Gasteiger partial charge >= 0.3 is 0 Å². The Morgan fingerprint density at radius 3 is 1.53 bits per heavy atom. The van der Waals surface area contributed by atoms with Gasteiger partial charge in [-0.2, -0.15) is 0 Å². The molecule has 0 aromatic carbocycles. The Bertz CT molecular complexity index is 531. The molecule has 0 spiro atoms. The fourth-order valence-electron chi connectivity index (χ4n) is 3.31. The maximum absolute atomic E-state index is 10.7. The monoisotopic (exact) mass is 425 g/mol. The molecule has 1 aliphatic carbocycles. The molecule has 1 atom stereocenters. The summed E-state index contributed by atoms with van der Waals surface area (Å²) in [6.07, 6.45) is 7.92. The first-order valence-electron chi connectivity index (χ1n) is 11.0. The molecule has 0 radical (unpaired) electrons. The van der Waals surface area contributed by atoms with E-state index in [2.05, 4.69) is 0 Å². The molecule has 30 heavy (non-hydrogen) atoms. The van der Waals surface area contributed by atoms with Gasteiger partial charge in [-0.05, 0) is 32.1 Å². The number of likely N-dealkylation sites (N-methyl/N-ethyl adjacent to an activating group) is 1. The zero-order chi connectivity index (χ0) is 22.5. The number of ketones is 1. The van der Waals surface area contributed by atoms with Crippen molar-refractivity contribution >= 4 is 23.5 Å². The number of carbonyl (C=O) groups excluding carboxylic acids is 4. The number of hydrogen-bond donors (Lipinski definition) is 0. The highest BCUT2D eigenvalue weighted by Gasteiger charge is 2.18. The van der Waals surface area contributed by atoms with Crippen LogP contribution in [0.4, 0.5) is 0 Å². The number of ether oxygens (including phenoxy) is 1. The molecular weight excluding hydrogens is 386 g/mol. The Labute approximate surface area is 180 Å². The molecule has 8 nitrogen and oxygen atoms in total. The van der Waals surface area contributed by atoms with Gasteiger partial charge in [0.1, 0.15) is 12.4 Å². The van der Waals surface area contributed by atoms with Crippen molar-refractivity contribution in [2.24, 2.45) is 5.92 Å². The van der Waals surface area contributed by atoms with Crippen LogP contribution < -0.4 is 0 Å². The molecule has 0 aromatic rings. The van der Waals surface area contributed by atoms with Gasteiger partial charge in [0.2, 0.25) is 17.7 Å². The Balaban J connectivity index is 0.000000200. The van der Waals surface area contributed by atoms with Crippen molar-refractivity contribution in [2.45, 2.75) is 58.3 Å². The standard InChI is InChI=1S/C6H11NO.C6H10O.C5H9NO2.C5H9NO/c1-7-5-3-2-4-6(7)8;1-5-3-2-4-6(5)7;1-6-2-3-8-4-5(6)7;1-6-4-2-3-5(6)7/h2-5H2,1H3;5H,2-4H2,1H3;2-4H2,1H3;2-4H2,1H3/t;5-;;/m.1../s1. The van der Waals surface area contributed by atoms with Crippen molar-refractivity contribution < 1.29 is 23.9 Å². The van der Waals surface area contributed by atoms with Crippen LogP contribution in [0.3, 0.4) is 0 Å². The highest BCUT2D eigenvalue weighted by atomic mass is 16.5. The average Bonchev–Trinajstić information content (AvgIpc) is 3.29. The van der Waals surface area contributed by atoms with E-state index < -0.39 is 0 Å². The Morgan fingerprint density at radius 2 is 1.27 bits per heavy atom. The highest BCUT2D eigenvalue weighted by molar-refractivity contribution is 5.82. The van der Waals surface area contributed by atoms with Crippen molar-refractivity contribution in [3.63, 3.8) is 0 Å². The molecule has 4 fully saturated rings. The number of hydrogen-bond acceptors (Lipinski definition) is 5. The zero-order valence-electron chi connectivity index (χ0n) is 19.2. The third kappa shape index (κ3) is 10.2. The molecule has 1 saturated carbocycles. The van der Waals surface area contributed by atoms with Crippen LogP contribution in [-0.4, -0.2) is 92.2 Å². The Hall–Kier alpha value is -1.96. The lowest BCUT2D eigenvalue weighted by Gasteiger charge is -2.21. The van der Waals surface area contributed by atoms with Gasteiger partial charge in [0.15, 0.2) is 0 Å². The molecule has 0 bridgehead atoms. The number of amides is 3. The molecule has 4 rings (SSSR count). The Kier molecular flexibility index (Phi) is 12.3. The molecule has 3 heterocycles. The van der Waals surface area contributed by atoms with E-state index in [1.54, 1.807) is 21.7 Å². The fourth-order valence-corrected chi connectivity index (χ4v) is 3.31. The summed E-state index contributed by atoms with van der Waals surface area (Å²) < 4.78 is 4.86. The van der Waals surface area contributed by atoms with E-state index in [4.69, 9.17) is 4.74 Å². The van der Waals surface area contributed by atoms with Crippen molar-refractivity contribution in [3.05, 3.63) is 0 Å². The largest absolute Gasteiger partial charge is 0.370 e. The number of Topliss-reactive ketones (excluding diaryl/α,β-unsaturated/α-hetero) is 1. The van der Waals surface area contributed by atoms with Gasteiger partial charge in [-0.15, -0.1) is 0 Å². The first kappa shape index (κ1) is 26.1. The smallest absolute Gasteiger partial charge is 0.248 e. The van der Waals surface area contributed by atoms with Crippen LogP contribution in [0.2, 0.25) is 0 Å². The normalized spacial score (nSPS) is 23.9. The lowest BCUT2D eigenvalue weighted by Crippen LogP contribution is -2.38. The van der Waals surface area contributed by atoms with Crippen molar-refractivity contribution in [3.8, 4) is 0 Å². The third-order valence-corrected chi connectivity index (χ3v) is 5.70. The van der Waals surface area contributed by atoms with Crippen molar-refractivity contribution in [1.82, 2.24) is 14.7 Å². The fraction of sp³-hybridized carbons (Fsp3) is 0.818. The summed E-state index contributed by atoms with van der Waals surface area (Å²) in [7, 11) is 5.49. The topological polar surface area (TPSA) is 87.2 Å². The highest BCUT2D eigenvalue weighted by Crippen LogP contribution is 2.19. The SMILES string of the molecule is CN1CCCC1=O.CN1CCCCC1=O.CN1CCOCC1=O.C[C@@H]1CCCC1=O. The van der Waals surface area contributed by atoms with E-state index in [1.807, 2.05) is 21.0 Å². The van der Waals surface area contributed by atoms with Gasteiger partial charge in [0.25, 0.3) is 0 Å². The second-order valence-corrected chi connectivity index (χ2v) is 8.32. The number of carbonyl (C=O) groups is 4. The van der Waals surface area contributed by atoms with Gasteiger partial charge in [-0.25, -0.2) is 0 Å². The number of nitrogens with zero attached hydrogens (tertiary/aromatic N) is 3. The van der Waals surface area contributed by atoms with Crippen molar-refractivity contribution in [1.29, 1.82) is 0 Å². The van der Waals surface area contributed by atoms with E-state index in [-0.39, 0.29) is 12.5 Å². The van der Waals surface area contributed by atoms with E-state index >= 15 is 0 Å². The number of likely N-dealkylation sites (tertiary alicyclic amines) is 2. The quantitative estimate of drug-likeness (QED) is 0.590. The van der Waals surface area contributed by atoms with Crippen LogP contribution in [0.25, 0.3) is 0 Å². The van der Waals surface area contributed by atoms with Gasteiger partial charge in [0, 0.05) is 66.0 Å². The van der Waals surface area contributed by atoms with Crippen LogP contribution in [0.5, 0.6) is 0 Å². The van der Waals surface area contributed by atoms with E-state index in [1.165, 1.54) is 6.42 Å². The molecule has 0 N–H and O–H groups in total. The number of morpholine rings is 1. The van der Waals surface area contributed by atoms with Gasteiger partial charge in [-0.3, -0.25) is 19.2 Å². The third-order valence-electron chi connectivity index (χ3n) is 5.70. The second-order valence-electron chi connectivity index (χ2n) is 8.32. The predicted molar refractivity (Wildman–Crippen MR) is 115 cm³/mol. The molecular formula is C22H39N3O5. The maximum atomic E-state index is 10.7. The lowest BCUT2D eigenvalue weighted by atomic mass is 10.1. The molecule has 4 aliphatic rings. The van der Waals surface area contributed by atoms with Gasteiger partial charge < -0.3 is 19.4 Å². The lowest BCUT2D eigenvalue weighted by molar-refractivity contribution is -0.140. The summed E-state index contributed by atoms with van der Waals surface area (Å²) in [6, 6.07) is 0. The van der Waals surface area contributed by atoms with Crippen LogP contribution >= 0.6 is 0 Å². The maximum Gasteiger partial charge on any atom is 0.248 e. The minimum atomic E-state index is 0.0799. The molecule has 3 amide bonds. The van der Waals surface area contributed by atoms with Crippen LogP contribution in [0.1, 0.15) is 58.3 Å². The van der Waals surface area contributed by atoms with Gasteiger partial charge in [-0.1, -0.05) is 6.92 Å². The molecule has 3 saturated heterocycles. The summed E-state index contributed by atoms with van der Waals surface area (Å²) in [4.78, 5) is 47.6. The molecule has 8 heteroatoms. The van der Waals surface area contributed by atoms with Crippen LogP contribution in [-0.2, 0) is 23.9 Å². The summed E-state index contributed by atoms with van der Waals surface area (Å²) in [6.45, 7) is 5.60. The summed E-state index contributed by atoms with van der Waals surface area (Å²) >= 11 is 0. The number of rotatable bonds is 0. The minimum Gasteiger partial charge on any atom is -0.370 e. The predicted octanol–water partition coefficient (Wildman–Crippen LogP) is 1.72. The summed E-state index contributed by atoms with van der Waals surface area (Å²) in [5.41, 5.74) is 0. The zero-order valence-corrected chi connectivity index (χ0v) is 19.2. The molecule has 0 aromatic heterocycles. The van der Waals surface area contributed by atoms with Crippen LogP contribution in [0.15, 0.2) is 0 Å². The second kappa shape index (κ2) is 14.1. The van der Waals surface area contributed by atoms with E-state index in [9.17, 15) is 19.2 Å². The summed E-state index contributed by atoms with van der Waals surface area (Å²) in [5.74, 6) is 1.51. The molecule has 0 unspecified atom stereocenters. The summed E-state index contributed by atoms with van der Waals surface area (Å²) in [5, 5.41) is 0. The van der Waals surface area contributed by atoms with Gasteiger partial charge in [0.05, 0.1) is 6.61 Å². The van der Waals surface area contributed by atoms with E-state index in [0.29, 0.717) is 30.1 Å². The number of piperidine rings is 1. The Morgan fingerprint density at radius 1 is 0.700 bits per heavy atom. The van der Waals surface area contributed by atoms with Crippen LogP contribution in [0, 0.1) is 5.92 Å². The van der Waals surface area contributed by atoms with Crippen molar-refractivity contribution in [2.75, 3.05) is 54.0 Å². The average molecular weight is 426 g/mol. The molecule has 172 valence electrons. The molecule has 3 aliphatic heterocycles.